The molecule has 0 spiro atoms. The number of benzene rings is 2. The van der Waals surface area contributed by atoms with Crippen LogP contribution in [0.1, 0.15) is 62.6 Å². The Bertz CT molecular complexity index is 1010. The number of halogens is 2. The van der Waals surface area contributed by atoms with Gasteiger partial charge < -0.3 is 5.32 Å². The maximum Gasteiger partial charge on any atom is 0.126 e. The molecule has 2 aliphatic carbocycles. The van der Waals surface area contributed by atoms with E-state index in [0.717, 1.165) is 48.1 Å². The third-order valence-corrected chi connectivity index (χ3v) is 7.01. The summed E-state index contributed by atoms with van der Waals surface area (Å²) in [6.07, 6.45) is 6.55. The van der Waals surface area contributed by atoms with Crippen molar-refractivity contribution in [3.8, 4) is 11.1 Å². The van der Waals surface area contributed by atoms with Crippen molar-refractivity contribution in [3.05, 3.63) is 76.8 Å². The van der Waals surface area contributed by atoms with E-state index in [1.807, 2.05) is 12.1 Å². The van der Waals surface area contributed by atoms with Crippen molar-refractivity contribution < 1.29 is 8.78 Å². The van der Waals surface area contributed by atoms with E-state index in [2.05, 4.69) is 43.1 Å². The van der Waals surface area contributed by atoms with Crippen LogP contribution in [0.2, 0.25) is 0 Å². The lowest BCUT2D eigenvalue weighted by Gasteiger charge is -2.44. The molecule has 0 radical (unpaired) electrons. The molecule has 2 aromatic rings. The van der Waals surface area contributed by atoms with E-state index in [9.17, 15) is 8.78 Å². The van der Waals surface area contributed by atoms with E-state index in [1.165, 1.54) is 11.1 Å². The van der Waals surface area contributed by atoms with Gasteiger partial charge in [-0.05, 0) is 85.9 Å². The van der Waals surface area contributed by atoms with Gasteiger partial charge in [0.25, 0.3) is 0 Å². The largest absolute Gasteiger partial charge is 0.379 e. The van der Waals surface area contributed by atoms with Gasteiger partial charge in [0.15, 0.2) is 0 Å². The number of hydrogen-bond donors (Lipinski definition) is 1. The lowest BCUT2D eigenvalue weighted by Crippen LogP contribution is -2.51. The predicted molar refractivity (Wildman–Crippen MR) is 122 cm³/mol. The van der Waals surface area contributed by atoms with Crippen LogP contribution in [-0.4, -0.2) is 11.2 Å². The Morgan fingerprint density at radius 3 is 2.40 bits per heavy atom. The molecule has 4 rings (SSSR count). The Balaban J connectivity index is 1.55. The molecule has 0 aliphatic heterocycles. The second-order valence-electron chi connectivity index (χ2n) is 9.30. The van der Waals surface area contributed by atoms with Gasteiger partial charge in [-0.3, -0.25) is 0 Å². The van der Waals surface area contributed by atoms with Crippen LogP contribution in [-0.2, 0) is 6.42 Å². The first-order valence-electron chi connectivity index (χ1n) is 11.0. The number of rotatable bonds is 5. The normalized spacial score (nSPS) is 25.6. The standard InChI is InChI=1S/C27H31F2N/c1-5-19(3)27(12-10-26(4,29)11-13-27)30-24-15-21-9-8-20(14-23(21)16-24)22-7-6-18(2)25(28)17-22/h6-9,14-15,17,30H,3,5,10-13,16H2,1-2,4H3. The molecule has 0 saturated heterocycles. The first kappa shape index (κ1) is 20.8. The molecule has 0 atom stereocenters. The molecule has 0 bridgehead atoms. The molecular formula is C27H31F2N. The number of alkyl halides is 1. The fraction of sp³-hybridized carbons (Fsp3) is 0.407. The molecule has 2 aromatic carbocycles. The lowest BCUT2D eigenvalue weighted by molar-refractivity contribution is 0.0909. The smallest absolute Gasteiger partial charge is 0.126 e. The average Bonchev–Trinajstić information content (AvgIpc) is 3.12. The number of fused-ring (bicyclic) bond motifs is 1. The molecule has 1 saturated carbocycles. The van der Waals surface area contributed by atoms with Crippen LogP contribution in [0.15, 0.2) is 54.2 Å². The van der Waals surface area contributed by atoms with Crippen LogP contribution < -0.4 is 5.32 Å². The van der Waals surface area contributed by atoms with Crippen LogP contribution in [0.3, 0.4) is 0 Å². The van der Waals surface area contributed by atoms with Crippen molar-refractivity contribution in [2.75, 3.05) is 0 Å². The van der Waals surface area contributed by atoms with E-state index < -0.39 is 5.67 Å². The van der Waals surface area contributed by atoms with Gasteiger partial charge in [0.1, 0.15) is 11.5 Å². The third kappa shape index (κ3) is 3.95. The zero-order chi connectivity index (χ0) is 21.5. The van der Waals surface area contributed by atoms with Gasteiger partial charge in [-0.1, -0.05) is 49.4 Å². The minimum Gasteiger partial charge on any atom is -0.379 e. The second-order valence-corrected chi connectivity index (χ2v) is 9.30. The highest BCUT2D eigenvalue weighted by molar-refractivity contribution is 5.71. The summed E-state index contributed by atoms with van der Waals surface area (Å²) in [5.41, 5.74) is 6.03. The van der Waals surface area contributed by atoms with Crippen molar-refractivity contribution in [1.29, 1.82) is 0 Å². The van der Waals surface area contributed by atoms with E-state index in [1.54, 1.807) is 19.9 Å². The third-order valence-electron chi connectivity index (χ3n) is 7.01. The highest BCUT2D eigenvalue weighted by Crippen LogP contribution is 2.43. The number of nitrogens with one attached hydrogen (secondary N) is 1. The fourth-order valence-electron chi connectivity index (χ4n) is 4.79. The molecule has 0 aromatic heterocycles. The Labute approximate surface area is 178 Å². The second kappa shape index (κ2) is 7.68. The highest BCUT2D eigenvalue weighted by Gasteiger charge is 2.42. The molecule has 0 unspecified atom stereocenters. The summed E-state index contributed by atoms with van der Waals surface area (Å²) in [6, 6.07) is 11.7. The first-order chi connectivity index (χ1) is 14.2. The molecule has 1 fully saturated rings. The van der Waals surface area contributed by atoms with Crippen molar-refractivity contribution in [2.24, 2.45) is 0 Å². The number of allylic oxidation sites excluding steroid dienone is 1. The van der Waals surface area contributed by atoms with Crippen LogP contribution >= 0.6 is 0 Å². The van der Waals surface area contributed by atoms with Gasteiger partial charge in [-0.2, -0.15) is 0 Å². The minimum absolute atomic E-state index is 0.175. The van der Waals surface area contributed by atoms with Crippen LogP contribution in [0, 0.1) is 12.7 Å². The van der Waals surface area contributed by atoms with E-state index in [-0.39, 0.29) is 11.4 Å². The zero-order valence-electron chi connectivity index (χ0n) is 18.2. The van der Waals surface area contributed by atoms with Gasteiger partial charge in [0.2, 0.25) is 0 Å². The Morgan fingerprint density at radius 1 is 1.07 bits per heavy atom. The monoisotopic (exact) mass is 407 g/mol. The SMILES string of the molecule is C=C(CC)C1(NC2=Cc3ccc(-c4ccc(C)c(F)c4)cc3C2)CCC(C)(F)CC1. The quantitative estimate of drug-likeness (QED) is 0.513. The Hall–Kier alpha value is -2.42. The van der Waals surface area contributed by atoms with Crippen LogP contribution in [0.5, 0.6) is 0 Å². The highest BCUT2D eigenvalue weighted by atomic mass is 19.1. The van der Waals surface area contributed by atoms with E-state index in [4.69, 9.17) is 0 Å². The fourth-order valence-corrected chi connectivity index (χ4v) is 4.79. The summed E-state index contributed by atoms with van der Waals surface area (Å²) in [6.45, 7) is 9.95. The maximum atomic E-state index is 14.5. The first-order valence-corrected chi connectivity index (χ1v) is 11.0. The zero-order valence-corrected chi connectivity index (χ0v) is 18.2. The maximum absolute atomic E-state index is 14.5. The van der Waals surface area contributed by atoms with Crippen LogP contribution in [0.4, 0.5) is 8.78 Å². The number of hydrogen-bond acceptors (Lipinski definition) is 1. The topological polar surface area (TPSA) is 12.0 Å². The van der Waals surface area contributed by atoms with Crippen molar-refractivity contribution in [3.63, 3.8) is 0 Å². The summed E-state index contributed by atoms with van der Waals surface area (Å²) >= 11 is 0. The summed E-state index contributed by atoms with van der Waals surface area (Å²) < 4.78 is 28.5. The van der Waals surface area contributed by atoms with Gasteiger partial charge in [-0.15, -0.1) is 0 Å². The predicted octanol–water partition coefficient (Wildman–Crippen LogP) is 7.29. The van der Waals surface area contributed by atoms with Gasteiger partial charge in [0, 0.05) is 12.1 Å². The van der Waals surface area contributed by atoms with Gasteiger partial charge >= 0.3 is 0 Å². The van der Waals surface area contributed by atoms with Crippen molar-refractivity contribution in [1.82, 2.24) is 5.32 Å². The molecule has 1 nitrogen and oxygen atoms in total. The molecular weight excluding hydrogens is 376 g/mol. The average molecular weight is 408 g/mol. The molecule has 3 heteroatoms. The van der Waals surface area contributed by atoms with Crippen LogP contribution in [0.25, 0.3) is 17.2 Å². The summed E-state index contributed by atoms with van der Waals surface area (Å²) in [5, 5.41) is 3.78. The Morgan fingerprint density at radius 2 is 1.73 bits per heavy atom. The molecule has 0 amide bonds. The van der Waals surface area contributed by atoms with Crippen molar-refractivity contribution in [2.45, 2.75) is 70.5 Å². The van der Waals surface area contributed by atoms with Crippen molar-refractivity contribution >= 4 is 6.08 Å². The lowest BCUT2D eigenvalue weighted by atomic mass is 9.71. The molecule has 0 heterocycles. The molecule has 1 N–H and O–H groups in total. The molecule has 158 valence electrons. The molecule has 30 heavy (non-hydrogen) atoms. The Kier molecular flexibility index (Phi) is 5.34. The number of aryl methyl sites for hydroxylation is 1. The summed E-state index contributed by atoms with van der Waals surface area (Å²) in [5.74, 6) is -0.175. The summed E-state index contributed by atoms with van der Waals surface area (Å²) in [4.78, 5) is 0. The summed E-state index contributed by atoms with van der Waals surface area (Å²) in [7, 11) is 0. The van der Waals surface area contributed by atoms with Gasteiger partial charge in [-0.25, -0.2) is 8.78 Å². The van der Waals surface area contributed by atoms with E-state index >= 15 is 0 Å². The minimum atomic E-state index is -1.08. The van der Waals surface area contributed by atoms with Gasteiger partial charge in [0.05, 0.1) is 5.54 Å². The molecule has 2 aliphatic rings. The van der Waals surface area contributed by atoms with E-state index in [0.29, 0.717) is 18.4 Å².